The van der Waals surface area contributed by atoms with E-state index in [4.69, 9.17) is 38.4 Å². The van der Waals surface area contributed by atoms with E-state index in [1.165, 1.54) is 0 Å². The molecule has 13 nitrogen and oxygen atoms in total. The fourth-order valence-corrected chi connectivity index (χ4v) is 5.93. The number of halogens is 3. The Balaban J connectivity index is 0.000000226. The largest absolute Gasteiger partial charge is 0.444 e. The zero-order chi connectivity index (χ0) is 37.4. The molecule has 3 aromatic heterocycles. The summed E-state index contributed by atoms with van der Waals surface area (Å²) in [5.74, 6) is 0.451. The number of amides is 2. The van der Waals surface area contributed by atoms with Gasteiger partial charge in [-0.3, -0.25) is 14.6 Å². The molecule has 2 aliphatic heterocycles. The topological polar surface area (TPSA) is 158 Å². The molecule has 2 fully saturated rings. The van der Waals surface area contributed by atoms with Crippen LogP contribution in [0, 0.1) is 13.8 Å². The lowest BCUT2D eigenvalue weighted by Gasteiger charge is -2.35. The molecule has 2 saturated heterocycles. The van der Waals surface area contributed by atoms with Crippen LogP contribution in [0.25, 0.3) is 5.65 Å². The van der Waals surface area contributed by atoms with E-state index in [1.807, 2.05) is 67.7 Å². The van der Waals surface area contributed by atoms with Crippen molar-refractivity contribution in [3.05, 3.63) is 45.5 Å². The molecule has 0 aliphatic carbocycles. The highest BCUT2D eigenvalue weighted by Gasteiger charge is 2.35. The standard InChI is InChI=1S/C17H23ClN4O2.C12H20BrNO3.C5H6ClN3/c1-11-9-14-19-12(10-22(14)20-15(11)18)13-7-5-6-8-21(13)16(23)24-17(2,3)4;1-12(2,3)17-11(16)14-7-5-4-6-9(14)10(15)8-13;1-3-2-4(7)8-9-5(3)6/h9-10,13H,5-8H2,1-4H3;9H,4-8H2,1-3H3;2H,1H3,(H2,7,8)/t13-;9-;/m00./s1. The predicted octanol–water partition coefficient (Wildman–Crippen LogP) is 7.91. The third kappa shape index (κ3) is 12.2. The van der Waals surface area contributed by atoms with Gasteiger partial charge in [-0.25, -0.2) is 19.1 Å². The smallest absolute Gasteiger partial charge is 0.410 e. The van der Waals surface area contributed by atoms with Gasteiger partial charge in [0.2, 0.25) is 0 Å². The Labute approximate surface area is 312 Å². The van der Waals surface area contributed by atoms with Crippen LogP contribution in [0.5, 0.6) is 0 Å². The summed E-state index contributed by atoms with van der Waals surface area (Å²) < 4.78 is 12.6. The number of anilines is 1. The van der Waals surface area contributed by atoms with Gasteiger partial charge in [-0.2, -0.15) is 5.10 Å². The molecule has 0 saturated carbocycles. The van der Waals surface area contributed by atoms with Crippen LogP contribution >= 0.6 is 39.1 Å². The number of hydrogen-bond acceptors (Lipinski definition) is 10. The van der Waals surface area contributed by atoms with Crippen molar-refractivity contribution in [3.8, 4) is 0 Å². The average molecular weight is 801 g/mol. The number of aryl methyl sites for hydroxylation is 2. The second-order valence-electron chi connectivity index (χ2n) is 14.3. The van der Waals surface area contributed by atoms with Crippen LogP contribution in [0.3, 0.4) is 0 Å². The van der Waals surface area contributed by atoms with Crippen molar-refractivity contribution in [1.82, 2.24) is 34.6 Å². The lowest BCUT2D eigenvalue weighted by molar-refractivity contribution is -0.122. The third-order valence-electron chi connectivity index (χ3n) is 7.65. The fourth-order valence-electron chi connectivity index (χ4n) is 5.33. The van der Waals surface area contributed by atoms with Crippen molar-refractivity contribution in [1.29, 1.82) is 0 Å². The SMILES string of the molecule is CC(C)(C)OC(=O)N1CCCC[C@H]1C(=O)CBr.Cc1cc(N)nnc1Cl.Cc1cc2nc([C@@H]3CCCCN3C(=O)OC(C)(C)C)cn2nc1Cl. The van der Waals surface area contributed by atoms with Crippen LogP contribution in [0.4, 0.5) is 15.4 Å². The summed E-state index contributed by atoms with van der Waals surface area (Å²) in [6, 6.07) is 3.17. The van der Waals surface area contributed by atoms with E-state index in [9.17, 15) is 14.4 Å². The van der Waals surface area contributed by atoms with E-state index in [0.29, 0.717) is 29.2 Å². The lowest BCUT2D eigenvalue weighted by Crippen LogP contribution is -2.50. The highest BCUT2D eigenvalue weighted by molar-refractivity contribution is 9.09. The molecule has 0 unspecified atom stereocenters. The van der Waals surface area contributed by atoms with Crippen LogP contribution in [0.2, 0.25) is 10.3 Å². The van der Waals surface area contributed by atoms with Gasteiger partial charge in [-0.15, -0.1) is 10.2 Å². The number of carbonyl (C=O) groups is 3. The number of nitrogens with zero attached hydrogens (tertiary/aromatic N) is 7. The van der Waals surface area contributed by atoms with Crippen molar-refractivity contribution < 1.29 is 23.9 Å². The number of Topliss-reactive ketones (excluding diaryl/α,β-unsaturated/α-hetero) is 1. The van der Waals surface area contributed by atoms with E-state index in [0.717, 1.165) is 61.0 Å². The predicted molar refractivity (Wildman–Crippen MR) is 198 cm³/mol. The molecule has 2 N–H and O–H groups in total. The second kappa shape index (κ2) is 17.8. The van der Waals surface area contributed by atoms with E-state index < -0.39 is 11.2 Å². The maximum atomic E-state index is 12.6. The zero-order valence-electron chi connectivity index (χ0n) is 30.1. The first-order chi connectivity index (χ1) is 23.3. The van der Waals surface area contributed by atoms with E-state index in [-0.39, 0.29) is 35.4 Å². The first-order valence-corrected chi connectivity index (χ1v) is 18.5. The molecule has 276 valence electrons. The zero-order valence-corrected chi connectivity index (χ0v) is 33.2. The Hall–Kier alpha value is -3.23. The van der Waals surface area contributed by atoms with Gasteiger partial charge in [0, 0.05) is 13.1 Å². The third-order valence-corrected chi connectivity index (χ3v) is 8.95. The van der Waals surface area contributed by atoms with Crippen molar-refractivity contribution >= 4 is 68.6 Å². The van der Waals surface area contributed by atoms with Gasteiger partial charge in [-0.1, -0.05) is 39.1 Å². The van der Waals surface area contributed by atoms with Crippen LogP contribution in [0.15, 0.2) is 18.3 Å². The fraction of sp³-hybridized carbons (Fsp3) is 0.618. The lowest BCUT2D eigenvalue weighted by atomic mass is 10.00. The summed E-state index contributed by atoms with van der Waals surface area (Å²) in [5, 5.41) is 12.6. The molecule has 5 heterocycles. The number of ether oxygens (including phenoxy) is 2. The summed E-state index contributed by atoms with van der Waals surface area (Å²) in [6.07, 6.45) is 6.77. The van der Waals surface area contributed by atoms with Crippen LogP contribution in [-0.2, 0) is 14.3 Å². The molecule has 3 aromatic rings. The molecule has 16 heteroatoms. The highest BCUT2D eigenvalue weighted by atomic mass is 79.9. The Bertz CT molecular complexity index is 1600. The molecule has 2 amide bonds. The van der Waals surface area contributed by atoms with Crippen LogP contribution < -0.4 is 5.73 Å². The number of nitrogens with two attached hydrogens (primary N) is 1. The quantitative estimate of drug-likeness (QED) is 0.258. The van der Waals surface area contributed by atoms with Crippen LogP contribution in [-0.4, -0.2) is 88.2 Å². The molecule has 2 aliphatic rings. The number of ketones is 1. The number of alkyl halides is 1. The number of likely N-dealkylation sites (tertiary alicyclic amines) is 2. The number of fused-ring (bicyclic) bond motifs is 1. The molecule has 0 radical (unpaired) electrons. The second-order valence-corrected chi connectivity index (χ2v) is 15.6. The van der Waals surface area contributed by atoms with Gasteiger partial charge in [0.25, 0.3) is 0 Å². The average Bonchev–Trinajstić information content (AvgIpc) is 3.44. The number of aromatic nitrogens is 5. The number of imidazole rings is 1. The molecule has 0 spiro atoms. The van der Waals surface area contributed by atoms with Crippen molar-refractivity contribution in [2.45, 2.75) is 117 Å². The van der Waals surface area contributed by atoms with Crippen molar-refractivity contribution in [2.75, 3.05) is 24.2 Å². The molecule has 50 heavy (non-hydrogen) atoms. The Morgan fingerprint density at radius 1 is 0.860 bits per heavy atom. The molecule has 0 aromatic carbocycles. The first kappa shape index (κ1) is 41.2. The van der Waals surface area contributed by atoms with Gasteiger partial charge < -0.3 is 15.2 Å². The monoisotopic (exact) mass is 798 g/mol. The Kier molecular flexibility index (Phi) is 14.7. The molecule has 5 rings (SSSR count). The minimum Gasteiger partial charge on any atom is -0.444 e. The van der Waals surface area contributed by atoms with Gasteiger partial charge in [-0.05, 0) is 117 Å². The number of nitrogen functional groups attached to an aromatic ring is 1. The summed E-state index contributed by atoms with van der Waals surface area (Å²) in [6.45, 7) is 16.1. The van der Waals surface area contributed by atoms with E-state index in [2.05, 4.69) is 36.2 Å². The summed E-state index contributed by atoms with van der Waals surface area (Å²) in [4.78, 5) is 44.3. The van der Waals surface area contributed by atoms with Gasteiger partial charge in [0.15, 0.2) is 21.7 Å². The van der Waals surface area contributed by atoms with Gasteiger partial charge in [0.1, 0.15) is 17.0 Å². The minimum atomic E-state index is -0.517. The Morgan fingerprint density at radius 3 is 1.98 bits per heavy atom. The summed E-state index contributed by atoms with van der Waals surface area (Å²) in [5.41, 5.74) is 7.57. The molecule has 2 atom stereocenters. The van der Waals surface area contributed by atoms with Gasteiger partial charge >= 0.3 is 12.2 Å². The van der Waals surface area contributed by atoms with E-state index in [1.54, 1.807) is 20.4 Å². The van der Waals surface area contributed by atoms with Crippen molar-refractivity contribution in [2.24, 2.45) is 0 Å². The van der Waals surface area contributed by atoms with Crippen molar-refractivity contribution in [3.63, 3.8) is 0 Å². The minimum absolute atomic E-state index is 0.0514. The number of hydrogen-bond donors (Lipinski definition) is 1. The maximum Gasteiger partial charge on any atom is 0.410 e. The number of piperidine rings is 2. The molecular formula is C34H49BrCl2N8O5. The summed E-state index contributed by atoms with van der Waals surface area (Å²) >= 11 is 14.8. The number of rotatable bonds is 3. The summed E-state index contributed by atoms with van der Waals surface area (Å²) in [7, 11) is 0. The highest BCUT2D eigenvalue weighted by Crippen LogP contribution is 2.32. The first-order valence-electron chi connectivity index (χ1n) is 16.6. The van der Waals surface area contributed by atoms with E-state index >= 15 is 0 Å². The molecular weight excluding hydrogens is 751 g/mol. The Morgan fingerprint density at radius 2 is 1.42 bits per heavy atom. The molecule has 0 bridgehead atoms. The number of carbonyl (C=O) groups excluding carboxylic acids is 3. The maximum absolute atomic E-state index is 12.6. The normalized spacial score (nSPS) is 18.0. The van der Waals surface area contributed by atoms with Gasteiger partial charge in [0.05, 0.1) is 29.3 Å². The van der Waals surface area contributed by atoms with Crippen LogP contribution in [0.1, 0.15) is 103 Å².